The summed E-state index contributed by atoms with van der Waals surface area (Å²) < 4.78 is 0. The lowest BCUT2D eigenvalue weighted by Crippen LogP contribution is -2.06. The Morgan fingerprint density at radius 2 is 1.21 bits per heavy atom. The summed E-state index contributed by atoms with van der Waals surface area (Å²) in [5, 5.41) is 0. The summed E-state index contributed by atoms with van der Waals surface area (Å²) in [7, 11) is 0. The van der Waals surface area contributed by atoms with E-state index >= 15 is 0 Å². The lowest BCUT2D eigenvalue weighted by Gasteiger charge is -2.18. The molecule has 1 aromatic carbocycles. The van der Waals surface area contributed by atoms with Gasteiger partial charge >= 0.3 is 0 Å². The fourth-order valence-corrected chi connectivity index (χ4v) is 2.31. The highest BCUT2D eigenvalue weighted by Gasteiger charge is 2.12. The minimum Gasteiger partial charge on any atom is -0.398 e. The Kier molecular flexibility index (Phi) is 3.20. The van der Waals surface area contributed by atoms with Gasteiger partial charge in [0.25, 0.3) is 0 Å². The number of benzene rings is 1. The van der Waals surface area contributed by atoms with Crippen LogP contribution in [-0.2, 0) is 12.8 Å². The van der Waals surface area contributed by atoms with E-state index in [1.807, 2.05) is 0 Å². The van der Waals surface area contributed by atoms with Gasteiger partial charge in [0, 0.05) is 5.69 Å². The quantitative estimate of drug-likeness (QED) is 0.713. The third-order valence-corrected chi connectivity index (χ3v) is 3.36. The van der Waals surface area contributed by atoms with Crippen LogP contribution in [0.25, 0.3) is 0 Å². The summed E-state index contributed by atoms with van der Waals surface area (Å²) in [5.74, 6) is 0. The molecule has 0 spiro atoms. The maximum absolute atomic E-state index is 6.14. The molecule has 1 heteroatoms. The van der Waals surface area contributed by atoms with Crippen molar-refractivity contribution in [3.05, 3.63) is 27.8 Å². The molecule has 0 atom stereocenters. The van der Waals surface area contributed by atoms with Crippen molar-refractivity contribution in [1.29, 1.82) is 0 Å². The first-order valence-corrected chi connectivity index (χ1v) is 5.41. The highest BCUT2D eigenvalue weighted by atomic mass is 14.6. The first kappa shape index (κ1) is 11.1. The van der Waals surface area contributed by atoms with Crippen LogP contribution in [0.1, 0.15) is 41.7 Å². The van der Waals surface area contributed by atoms with Gasteiger partial charge in [-0.1, -0.05) is 13.8 Å². The van der Waals surface area contributed by atoms with E-state index in [2.05, 4.69) is 34.6 Å². The highest BCUT2D eigenvalue weighted by molar-refractivity contribution is 5.62. The maximum atomic E-state index is 6.14. The molecular formula is C13H21N. The predicted molar refractivity (Wildman–Crippen MR) is 63.8 cm³/mol. The van der Waals surface area contributed by atoms with Crippen molar-refractivity contribution < 1.29 is 0 Å². The normalized spacial score (nSPS) is 10.6. The Morgan fingerprint density at radius 3 is 1.64 bits per heavy atom. The molecule has 0 unspecified atom stereocenters. The van der Waals surface area contributed by atoms with Crippen LogP contribution >= 0.6 is 0 Å². The molecule has 0 saturated heterocycles. The number of hydrogen-bond donors (Lipinski definition) is 1. The number of nitrogen functional groups attached to an aromatic ring is 1. The van der Waals surface area contributed by atoms with Crippen molar-refractivity contribution in [2.45, 2.75) is 47.5 Å². The van der Waals surface area contributed by atoms with Gasteiger partial charge in [-0.05, 0) is 61.4 Å². The molecule has 14 heavy (non-hydrogen) atoms. The van der Waals surface area contributed by atoms with Crippen LogP contribution in [0.5, 0.6) is 0 Å². The monoisotopic (exact) mass is 191 g/mol. The zero-order chi connectivity index (χ0) is 10.9. The van der Waals surface area contributed by atoms with Crippen LogP contribution in [0, 0.1) is 20.8 Å². The Morgan fingerprint density at radius 1 is 0.786 bits per heavy atom. The van der Waals surface area contributed by atoms with Gasteiger partial charge < -0.3 is 5.73 Å². The third kappa shape index (κ3) is 1.52. The molecule has 2 N–H and O–H groups in total. The van der Waals surface area contributed by atoms with E-state index in [-0.39, 0.29) is 0 Å². The average Bonchev–Trinajstić information content (AvgIpc) is 2.17. The largest absolute Gasteiger partial charge is 0.398 e. The second-order valence-electron chi connectivity index (χ2n) is 3.95. The second kappa shape index (κ2) is 4.04. The summed E-state index contributed by atoms with van der Waals surface area (Å²) in [4.78, 5) is 0. The molecule has 0 radical (unpaired) electrons. The van der Waals surface area contributed by atoms with E-state index in [1.165, 1.54) is 27.8 Å². The summed E-state index contributed by atoms with van der Waals surface area (Å²) in [6, 6.07) is 0. The Balaban J connectivity index is 3.55. The van der Waals surface area contributed by atoms with Gasteiger partial charge in [-0.25, -0.2) is 0 Å². The number of rotatable bonds is 2. The van der Waals surface area contributed by atoms with Crippen LogP contribution in [0.3, 0.4) is 0 Å². The van der Waals surface area contributed by atoms with Crippen molar-refractivity contribution in [2.75, 3.05) is 5.73 Å². The second-order valence-corrected chi connectivity index (χ2v) is 3.95. The van der Waals surface area contributed by atoms with Gasteiger partial charge in [-0.3, -0.25) is 0 Å². The van der Waals surface area contributed by atoms with Crippen molar-refractivity contribution in [3.63, 3.8) is 0 Å². The molecular weight excluding hydrogens is 170 g/mol. The van der Waals surface area contributed by atoms with Crippen LogP contribution in [-0.4, -0.2) is 0 Å². The first-order chi connectivity index (χ1) is 6.54. The van der Waals surface area contributed by atoms with Gasteiger partial charge in [0.15, 0.2) is 0 Å². The van der Waals surface area contributed by atoms with E-state index in [9.17, 15) is 0 Å². The van der Waals surface area contributed by atoms with Crippen LogP contribution in [0.2, 0.25) is 0 Å². The summed E-state index contributed by atoms with van der Waals surface area (Å²) in [5.41, 5.74) is 14.0. The van der Waals surface area contributed by atoms with E-state index in [1.54, 1.807) is 0 Å². The fourth-order valence-electron chi connectivity index (χ4n) is 2.31. The maximum Gasteiger partial charge on any atom is 0.0381 e. The highest BCUT2D eigenvalue weighted by Crippen LogP contribution is 2.29. The molecule has 0 heterocycles. The SMILES string of the molecule is CCc1c(C)c(C)c(CC)c(N)c1C. The van der Waals surface area contributed by atoms with Gasteiger partial charge in [0.2, 0.25) is 0 Å². The van der Waals surface area contributed by atoms with E-state index in [4.69, 9.17) is 5.73 Å². The van der Waals surface area contributed by atoms with Gasteiger partial charge in [-0.15, -0.1) is 0 Å². The Hall–Kier alpha value is -0.980. The molecule has 1 rings (SSSR count). The Bertz CT molecular complexity index is 287. The summed E-state index contributed by atoms with van der Waals surface area (Å²) >= 11 is 0. The van der Waals surface area contributed by atoms with Gasteiger partial charge in [0.05, 0.1) is 0 Å². The minimum atomic E-state index is 1.01. The van der Waals surface area contributed by atoms with E-state index in [0.717, 1.165) is 18.5 Å². The predicted octanol–water partition coefficient (Wildman–Crippen LogP) is 3.32. The fraction of sp³-hybridized carbons (Fsp3) is 0.538. The van der Waals surface area contributed by atoms with Crippen molar-refractivity contribution in [2.24, 2.45) is 0 Å². The van der Waals surface area contributed by atoms with Crippen molar-refractivity contribution in [3.8, 4) is 0 Å². The first-order valence-electron chi connectivity index (χ1n) is 5.41. The van der Waals surface area contributed by atoms with Gasteiger partial charge in [-0.2, -0.15) is 0 Å². The molecule has 0 aliphatic rings. The molecule has 1 nitrogen and oxygen atoms in total. The molecule has 0 saturated carbocycles. The topological polar surface area (TPSA) is 26.0 Å². The van der Waals surface area contributed by atoms with Crippen molar-refractivity contribution >= 4 is 5.69 Å². The summed E-state index contributed by atoms with van der Waals surface area (Å²) in [6.07, 6.45) is 2.11. The molecule has 0 fully saturated rings. The van der Waals surface area contributed by atoms with Crippen LogP contribution in [0.4, 0.5) is 5.69 Å². The smallest absolute Gasteiger partial charge is 0.0381 e. The minimum absolute atomic E-state index is 1.01. The summed E-state index contributed by atoms with van der Waals surface area (Å²) in [6.45, 7) is 10.9. The number of nitrogens with two attached hydrogens (primary N) is 1. The molecule has 0 amide bonds. The van der Waals surface area contributed by atoms with Crippen LogP contribution < -0.4 is 5.73 Å². The number of anilines is 1. The molecule has 1 aromatic rings. The van der Waals surface area contributed by atoms with E-state index in [0.29, 0.717) is 0 Å². The average molecular weight is 191 g/mol. The zero-order valence-corrected chi connectivity index (χ0v) is 9.99. The van der Waals surface area contributed by atoms with Crippen molar-refractivity contribution in [1.82, 2.24) is 0 Å². The standard InChI is InChI=1S/C13H21N/c1-6-11-8(3)9(4)12(7-2)13(14)10(11)5/h6-7,14H2,1-5H3. The lowest BCUT2D eigenvalue weighted by molar-refractivity contribution is 1.03. The molecule has 0 aliphatic carbocycles. The Labute approximate surface area is 87.3 Å². The molecule has 0 bridgehead atoms. The molecule has 0 aliphatic heterocycles. The molecule has 0 aromatic heterocycles. The van der Waals surface area contributed by atoms with Crippen LogP contribution in [0.15, 0.2) is 0 Å². The van der Waals surface area contributed by atoms with E-state index < -0.39 is 0 Å². The third-order valence-electron chi connectivity index (χ3n) is 3.36. The molecule has 78 valence electrons. The zero-order valence-electron chi connectivity index (χ0n) is 9.99. The lowest BCUT2D eigenvalue weighted by atomic mass is 9.89. The van der Waals surface area contributed by atoms with Gasteiger partial charge in [0.1, 0.15) is 0 Å². The number of hydrogen-bond acceptors (Lipinski definition) is 1.